The number of nitrogens with zero attached hydrogens (tertiary/aromatic N) is 2. The van der Waals surface area contributed by atoms with Gasteiger partial charge in [0.15, 0.2) is 0 Å². The van der Waals surface area contributed by atoms with Gasteiger partial charge in [-0.25, -0.2) is 0 Å². The maximum Gasteiger partial charge on any atom is 0.264 e. The summed E-state index contributed by atoms with van der Waals surface area (Å²) >= 11 is 0. The van der Waals surface area contributed by atoms with Gasteiger partial charge in [-0.2, -0.15) is 5.26 Å². The second-order valence-electron chi connectivity index (χ2n) is 2.46. The third kappa shape index (κ3) is 1.32. The summed E-state index contributed by atoms with van der Waals surface area (Å²) in [7, 11) is 1.71. The standard InChI is InChI=1S/C7H9N3O/c1-5(4-8)6-3-7(11)9-10(6)2/h3,5H,1-2H3,(H,9,11). The summed E-state index contributed by atoms with van der Waals surface area (Å²) in [4.78, 5) is 10.7. The summed E-state index contributed by atoms with van der Waals surface area (Å²) in [6, 6.07) is 3.49. The highest BCUT2D eigenvalue weighted by molar-refractivity contribution is 5.13. The zero-order valence-electron chi connectivity index (χ0n) is 6.46. The van der Waals surface area contributed by atoms with Crippen molar-refractivity contribution in [2.24, 2.45) is 7.05 Å². The summed E-state index contributed by atoms with van der Waals surface area (Å²) in [5.41, 5.74) is 0.558. The van der Waals surface area contributed by atoms with Gasteiger partial charge < -0.3 is 0 Å². The molecule has 58 valence electrons. The zero-order chi connectivity index (χ0) is 8.43. The third-order valence-electron chi connectivity index (χ3n) is 1.58. The van der Waals surface area contributed by atoms with Crippen molar-refractivity contribution in [2.45, 2.75) is 12.8 Å². The lowest BCUT2D eigenvalue weighted by atomic mass is 10.1. The second-order valence-corrected chi connectivity index (χ2v) is 2.46. The van der Waals surface area contributed by atoms with Gasteiger partial charge in [0.05, 0.1) is 17.7 Å². The third-order valence-corrected chi connectivity index (χ3v) is 1.58. The van der Waals surface area contributed by atoms with Crippen LogP contribution in [0.15, 0.2) is 10.9 Å². The Hall–Kier alpha value is -1.50. The minimum absolute atomic E-state index is 0.162. The van der Waals surface area contributed by atoms with E-state index in [0.29, 0.717) is 0 Å². The fourth-order valence-electron chi connectivity index (χ4n) is 0.975. The van der Waals surface area contributed by atoms with Crippen LogP contribution in [0.2, 0.25) is 0 Å². The zero-order valence-corrected chi connectivity index (χ0v) is 6.46. The van der Waals surface area contributed by atoms with Crippen LogP contribution in [0.25, 0.3) is 0 Å². The molecule has 0 amide bonds. The van der Waals surface area contributed by atoms with Crippen LogP contribution in [0, 0.1) is 11.3 Å². The van der Waals surface area contributed by atoms with E-state index in [1.165, 1.54) is 6.07 Å². The van der Waals surface area contributed by atoms with Gasteiger partial charge in [0, 0.05) is 13.1 Å². The first-order chi connectivity index (χ1) is 5.15. The van der Waals surface area contributed by atoms with Crippen molar-refractivity contribution >= 4 is 0 Å². The molecule has 0 saturated heterocycles. The molecule has 1 atom stereocenters. The van der Waals surface area contributed by atoms with Gasteiger partial charge in [-0.15, -0.1) is 0 Å². The average Bonchev–Trinajstić information content (AvgIpc) is 2.28. The van der Waals surface area contributed by atoms with E-state index < -0.39 is 0 Å². The van der Waals surface area contributed by atoms with Crippen molar-refractivity contribution in [3.63, 3.8) is 0 Å². The molecule has 0 bridgehead atoms. The summed E-state index contributed by atoms with van der Waals surface area (Å²) in [5, 5.41) is 11.1. The van der Waals surface area contributed by atoms with Gasteiger partial charge >= 0.3 is 0 Å². The molecular weight excluding hydrogens is 142 g/mol. The topological polar surface area (TPSA) is 61.6 Å². The number of nitriles is 1. The molecule has 0 fully saturated rings. The second kappa shape index (κ2) is 2.62. The van der Waals surface area contributed by atoms with E-state index in [-0.39, 0.29) is 11.5 Å². The van der Waals surface area contributed by atoms with Gasteiger partial charge in [0.25, 0.3) is 5.56 Å². The van der Waals surface area contributed by atoms with Gasteiger partial charge in [-0.1, -0.05) is 0 Å². The molecule has 1 N–H and O–H groups in total. The van der Waals surface area contributed by atoms with Crippen molar-refractivity contribution in [3.05, 3.63) is 22.1 Å². The van der Waals surface area contributed by atoms with Crippen molar-refractivity contribution < 1.29 is 0 Å². The Bertz CT molecular complexity index is 341. The maximum atomic E-state index is 10.7. The summed E-state index contributed by atoms with van der Waals surface area (Å²) < 4.78 is 1.57. The van der Waals surface area contributed by atoms with Crippen LogP contribution < -0.4 is 5.56 Å². The lowest BCUT2D eigenvalue weighted by Crippen LogP contribution is -2.02. The Morgan fingerprint density at radius 2 is 2.45 bits per heavy atom. The van der Waals surface area contributed by atoms with E-state index in [4.69, 9.17) is 5.26 Å². The molecule has 1 unspecified atom stereocenters. The number of aromatic nitrogens is 2. The molecule has 0 aliphatic carbocycles. The van der Waals surface area contributed by atoms with Crippen LogP contribution in [-0.4, -0.2) is 9.78 Å². The van der Waals surface area contributed by atoms with E-state index in [1.807, 2.05) is 0 Å². The Balaban J connectivity index is 3.15. The molecule has 1 heterocycles. The number of aryl methyl sites for hydroxylation is 1. The van der Waals surface area contributed by atoms with E-state index >= 15 is 0 Å². The summed E-state index contributed by atoms with van der Waals surface area (Å²) in [6.07, 6.45) is 0. The summed E-state index contributed by atoms with van der Waals surface area (Å²) in [5.74, 6) is -0.237. The molecular formula is C7H9N3O. The number of H-pyrrole nitrogens is 1. The first-order valence-corrected chi connectivity index (χ1v) is 3.30. The van der Waals surface area contributed by atoms with Gasteiger partial charge in [-0.05, 0) is 6.92 Å². The average molecular weight is 151 g/mol. The number of nitrogens with one attached hydrogen (secondary N) is 1. The number of aromatic amines is 1. The molecule has 0 aliphatic heterocycles. The lowest BCUT2D eigenvalue weighted by molar-refractivity contribution is 0.691. The molecule has 4 heteroatoms. The molecule has 0 saturated carbocycles. The Kier molecular flexibility index (Phi) is 1.81. The van der Waals surface area contributed by atoms with E-state index in [1.54, 1.807) is 18.7 Å². The van der Waals surface area contributed by atoms with E-state index in [2.05, 4.69) is 11.2 Å². The molecule has 1 aromatic heterocycles. The molecule has 0 aromatic carbocycles. The predicted octanol–water partition coefficient (Wildman–Crippen LogP) is 0.340. The first-order valence-electron chi connectivity index (χ1n) is 3.30. The van der Waals surface area contributed by atoms with Crippen molar-refractivity contribution in [2.75, 3.05) is 0 Å². The number of hydrogen-bond donors (Lipinski definition) is 1. The molecule has 0 spiro atoms. The van der Waals surface area contributed by atoms with Crippen LogP contribution >= 0.6 is 0 Å². The fourth-order valence-corrected chi connectivity index (χ4v) is 0.975. The molecule has 4 nitrogen and oxygen atoms in total. The highest BCUT2D eigenvalue weighted by atomic mass is 16.1. The lowest BCUT2D eigenvalue weighted by Gasteiger charge is -2.01. The highest BCUT2D eigenvalue weighted by Crippen LogP contribution is 2.09. The molecule has 1 rings (SSSR count). The predicted molar refractivity (Wildman–Crippen MR) is 40.1 cm³/mol. The quantitative estimate of drug-likeness (QED) is 0.629. The Morgan fingerprint density at radius 1 is 1.82 bits per heavy atom. The van der Waals surface area contributed by atoms with Gasteiger partial charge in [0.2, 0.25) is 0 Å². The smallest absolute Gasteiger partial charge is 0.264 e. The van der Waals surface area contributed by atoms with Crippen molar-refractivity contribution in [3.8, 4) is 6.07 Å². The normalized spacial score (nSPS) is 12.5. The van der Waals surface area contributed by atoms with Crippen LogP contribution in [0.3, 0.4) is 0 Å². The van der Waals surface area contributed by atoms with E-state index in [0.717, 1.165) is 5.69 Å². The minimum Gasteiger partial charge on any atom is -0.291 e. The summed E-state index contributed by atoms with van der Waals surface area (Å²) in [6.45, 7) is 1.75. The van der Waals surface area contributed by atoms with Crippen LogP contribution in [-0.2, 0) is 7.05 Å². The molecule has 11 heavy (non-hydrogen) atoms. The molecule has 1 aromatic rings. The van der Waals surface area contributed by atoms with Crippen LogP contribution in [0.1, 0.15) is 18.5 Å². The Morgan fingerprint density at radius 3 is 2.82 bits per heavy atom. The van der Waals surface area contributed by atoms with Crippen LogP contribution in [0.4, 0.5) is 0 Å². The van der Waals surface area contributed by atoms with Crippen LogP contribution in [0.5, 0.6) is 0 Å². The largest absolute Gasteiger partial charge is 0.291 e. The fraction of sp³-hybridized carbons (Fsp3) is 0.429. The highest BCUT2D eigenvalue weighted by Gasteiger charge is 2.08. The Labute approximate surface area is 64.1 Å². The maximum absolute atomic E-state index is 10.7. The number of hydrogen-bond acceptors (Lipinski definition) is 2. The van der Waals surface area contributed by atoms with Crippen molar-refractivity contribution in [1.82, 2.24) is 9.78 Å². The SMILES string of the molecule is CC(C#N)c1cc(=O)[nH]n1C. The first kappa shape index (κ1) is 7.61. The number of rotatable bonds is 1. The monoisotopic (exact) mass is 151 g/mol. The minimum atomic E-state index is -0.237. The van der Waals surface area contributed by atoms with Crippen molar-refractivity contribution in [1.29, 1.82) is 5.26 Å². The molecule has 0 radical (unpaired) electrons. The van der Waals surface area contributed by atoms with Gasteiger partial charge in [-0.3, -0.25) is 14.6 Å². The molecule has 0 aliphatic rings. The van der Waals surface area contributed by atoms with E-state index in [9.17, 15) is 4.79 Å². The van der Waals surface area contributed by atoms with Gasteiger partial charge in [0.1, 0.15) is 0 Å².